The van der Waals surface area contributed by atoms with Gasteiger partial charge in [0.05, 0.1) is 40.0 Å². The summed E-state index contributed by atoms with van der Waals surface area (Å²) < 4.78 is 57.7. The average molecular weight is 692 g/mol. The Bertz CT molecular complexity index is 2020. The fraction of sp³-hybridized carbons (Fsp3) is 0.429. The number of methoxy groups -OCH3 is 1. The number of fused-ring (bicyclic) bond motifs is 3. The summed E-state index contributed by atoms with van der Waals surface area (Å²) >= 11 is 0.935. The number of anilines is 2. The number of hydrogen-bond donors (Lipinski definition) is 1. The summed E-state index contributed by atoms with van der Waals surface area (Å²) in [5.41, 5.74) is 6.43. The van der Waals surface area contributed by atoms with E-state index in [1.54, 1.807) is 18.1 Å². The van der Waals surface area contributed by atoms with Gasteiger partial charge < -0.3 is 25.0 Å². The van der Waals surface area contributed by atoms with Crippen LogP contribution in [0.5, 0.6) is 6.01 Å². The van der Waals surface area contributed by atoms with E-state index in [4.69, 9.17) is 25.2 Å². The Labute approximate surface area is 285 Å². The first-order chi connectivity index (χ1) is 23.6. The Morgan fingerprint density at radius 1 is 1.27 bits per heavy atom. The third-order valence-electron chi connectivity index (χ3n) is 10.3. The smallest absolute Gasteiger partial charge is 0.319 e. The Balaban J connectivity index is 1.36. The zero-order valence-electron chi connectivity index (χ0n) is 27.2. The van der Waals surface area contributed by atoms with Crippen molar-refractivity contribution in [3.63, 3.8) is 0 Å². The molecule has 2 aromatic heterocycles. The van der Waals surface area contributed by atoms with Gasteiger partial charge in [-0.1, -0.05) is 12.6 Å². The van der Waals surface area contributed by atoms with Crippen LogP contribution < -0.4 is 15.4 Å². The minimum Gasteiger partial charge on any atom is -0.461 e. The number of benzene rings is 2. The van der Waals surface area contributed by atoms with E-state index in [1.165, 1.54) is 24.3 Å². The summed E-state index contributed by atoms with van der Waals surface area (Å²) in [6, 6.07) is 7.01. The third-order valence-corrected chi connectivity index (χ3v) is 11.4. The van der Waals surface area contributed by atoms with Crippen molar-refractivity contribution in [1.29, 1.82) is 5.26 Å². The lowest BCUT2D eigenvalue weighted by Crippen LogP contribution is -2.48. The number of nitriles is 1. The second-order valence-electron chi connectivity index (χ2n) is 13.0. The fourth-order valence-electron chi connectivity index (χ4n) is 8.03. The third kappa shape index (κ3) is 5.53. The summed E-state index contributed by atoms with van der Waals surface area (Å²) in [5, 5.41) is 10.6. The van der Waals surface area contributed by atoms with Crippen LogP contribution in [-0.4, -0.2) is 96.5 Å². The first-order valence-electron chi connectivity index (χ1n) is 16.2. The molecule has 2 N–H and O–H groups in total. The molecule has 5 heterocycles. The van der Waals surface area contributed by atoms with Crippen LogP contribution in [0.3, 0.4) is 0 Å². The number of nitrogens with two attached hydrogens (primary N) is 1. The molecule has 4 aromatic rings. The fourth-order valence-corrected chi connectivity index (χ4v) is 8.98. The van der Waals surface area contributed by atoms with Crippen LogP contribution in [0.15, 0.2) is 36.9 Å². The quantitative estimate of drug-likeness (QED) is 0.229. The monoisotopic (exact) mass is 691 g/mol. The van der Waals surface area contributed by atoms with E-state index < -0.39 is 23.3 Å². The van der Waals surface area contributed by atoms with Crippen LogP contribution in [0.2, 0.25) is 0 Å². The molecule has 0 aliphatic carbocycles. The number of hydrogen-bond acceptors (Lipinski definition) is 10. The van der Waals surface area contributed by atoms with Crippen LogP contribution in [0, 0.1) is 23.0 Å². The second-order valence-corrected chi connectivity index (χ2v) is 14.1. The van der Waals surface area contributed by atoms with Gasteiger partial charge in [-0.15, -0.1) is 11.3 Å². The molecule has 0 spiro atoms. The van der Waals surface area contributed by atoms with Crippen LogP contribution >= 0.6 is 11.3 Å². The number of ether oxygens (including phenoxy) is 2. The Morgan fingerprint density at radius 3 is 2.84 bits per heavy atom. The van der Waals surface area contributed by atoms with Crippen LogP contribution in [-0.2, 0) is 9.53 Å². The molecular weight excluding hydrogens is 655 g/mol. The minimum absolute atomic E-state index is 0.0394. The van der Waals surface area contributed by atoms with Gasteiger partial charge in [0.15, 0.2) is 0 Å². The van der Waals surface area contributed by atoms with Gasteiger partial charge in [-0.05, 0) is 55.6 Å². The standard InChI is InChI=1S/C35H36F3N7O3S/c1-4-29(46)45-11-8-27(28(45)17-47-3)43(2)33-22-12-25(38)21(20-6-7-24(37)31-30(20)23(15-39)32(40)49-31)13-26(22)41-34(42-33)48-18-35-9-5-10-44(35)16-19(36)14-35/h4,6-7,12-13,19,27-28H,1,5,8-11,14,16-18,40H2,2-3H3/t19-,27?,28?,35+/m1/s1. The van der Waals surface area contributed by atoms with Crippen molar-refractivity contribution in [1.82, 2.24) is 19.8 Å². The summed E-state index contributed by atoms with van der Waals surface area (Å²) in [7, 11) is 3.39. The molecule has 2 unspecified atom stereocenters. The molecule has 7 rings (SSSR count). The van der Waals surface area contributed by atoms with Crippen LogP contribution in [0.25, 0.3) is 32.1 Å². The zero-order valence-corrected chi connectivity index (χ0v) is 28.0. The molecule has 2 aromatic carbocycles. The van der Waals surface area contributed by atoms with Crippen molar-refractivity contribution in [3.8, 4) is 23.2 Å². The molecule has 0 radical (unpaired) electrons. The normalized spacial score (nSPS) is 23.7. The van der Waals surface area contributed by atoms with Crippen molar-refractivity contribution >= 4 is 49.1 Å². The SMILES string of the molecule is C=CC(=O)N1CCC(N(C)c2nc(OC[C@@]34CCCN3C[C@H](F)C4)nc3cc(-c4ccc(F)c5sc(N)c(C#N)c45)c(F)cc23)C1COC. The minimum atomic E-state index is -0.938. The second kappa shape index (κ2) is 12.8. The van der Waals surface area contributed by atoms with E-state index in [-0.39, 0.29) is 63.4 Å². The van der Waals surface area contributed by atoms with Crippen molar-refractivity contribution < 1.29 is 27.4 Å². The maximum Gasteiger partial charge on any atom is 0.319 e. The lowest BCUT2D eigenvalue weighted by Gasteiger charge is -2.34. The number of carbonyl (C=O) groups is 1. The van der Waals surface area contributed by atoms with Gasteiger partial charge in [0, 0.05) is 50.0 Å². The number of thiophene rings is 1. The molecule has 14 heteroatoms. The summed E-state index contributed by atoms with van der Waals surface area (Å²) in [6.07, 6.45) is 3.03. The molecule has 3 fully saturated rings. The topological polar surface area (TPSA) is 121 Å². The number of nitrogen functional groups attached to an aromatic ring is 1. The van der Waals surface area contributed by atoms with E-state index in [2.05, 4.69) is 11.5 Å². The highest BCUT2D eigenvalue weighted by atomic mass is 32.1. The Morgan fingerprint density at radius 2 is 2.08 bits per heavy atom. The Hall–Kier alpha value is -4.45. The number of nitrogens with zero attached hydrogens (tertiary/aromatic N) is 6. The van der Waals surface area contributed by atoms with Gasteiger partial charge in [0.25, 0.3) is 0 Å². The Kier molecular flexibility index (Phi) is 8.62. The largest absolute Gasteiger partial charge is 0.461 e. The predicted molar refractivity (Wildman–Crippen MR) is 182 cm³/mol. The molecule has 3 aliphatic heterocycles. The molecular formula is C35H36F3N7O3S. The van der Waals surface area contributed by atoms with Crippen molar-refractivity contribution in [3.05, 3.63) is 54.1 Å². The van der Waals surface area contributed by atoms with Gasteiger partial charge >= 0.3 is 6.01 Å². The van der Waals surface area contributed by atoms with E-state index in [0.717, 1.165) is 30.7 Å². The molecule has 0 bridgehead atoms. The molecule has 3 saturated heterocycles. The maximum absolute atomic E-state index is 16.3. The number of alkyl halides is 1. The van der Waals surface area contributed by atoms with Gasteiger partial charge in [0.2, 0.25) is 5.91 Å². The number of likely N-dealkylation sites (N-methyl/N-ethyl adjacent to an activating group) is 1. The molecule has 256 valence electrons. The molecule has 0 saturated carbocycles. The number of carbonyl (C=O) groups excluding carboxylic acids is 1. The molecule has 49 heavy (non-hydrogen) atoms. The van der Waals surface area contributed by atoms with Gasteiger partial charge in [-0.3, -0.25) is 9.69 Å². The summed E-state index contributed by atoms with van der Waals surface area (Å²) in [4.78, 5) is 28.0. The number of halogens is 3. The lowest BCUT2D eigenvalue weighted by atomic mass is 9.95. The lowest BCUT2D eigenvalue weighted by molar-refractivity contribution is -0.127. The highest BCUT2D eigenvalue weighted by Crippen LogP contribution is 2.44. The molecule has 1 amide bonds. The predicted octanol–water partition coefficient (Wildman–Crippen LogP) is 5.44. The average Bonchev–Trinajstić information content (AvgIpc) is 3.84. The maximum atomic E-state index is 16.3. The van der Waals surface area contributed by atoms with Gasteiger partial charge in [0.1, 0.15) is 41.3 Å². The molecule has 4 atom stereocenters. The van der Waals surface area contributed by atoms with Crippen LogP contribution in [0.4, 0.5) is 24.0 Å². The van der Waals surface area contributed by atoms with Crippen molar-refractivity contribution in [2.75, 3.05) is 57.6 Å². The summed E-state index contributed by atoms with van der Waals surface area (Å²) in [5.74, 6) is -1.04. The van der Waals surface area contributed by atoms with Gasteiger partial charge in [-0.25, -0.2) is 13.2 Å². The number of amides is 1. The number of likely N-dealkylation sites (tertiary alicyclic amines) is 1. The van der Waals surface area contributed by atoms with Crippen LogP contribution in [0.1, 0.15) is 31.2 Å². The highest BCUT2D eigenvalue weighted by Gasteiger charge is 2.49. The first kappa shape index (κ1) is 33.1. The summed E-state index contributed by atoms with van der Waals surface area (Å²) in [6.45, 7) is 5.72. The number of aromatic nitrogens is 2. The number of rotatable bonds is 9. The molecule has 10 nitrogen and oxygen atoms in total. The van der Waals surface area contributed by atoms with Crippen molar-refractivity contribution in [2.45, 2.75) is 49.5 Å². The zero-order chi connectivity index (χ0) is 34.6. The molecule has 3 aliphatic rings. The van der Waals surface area contributed by atoms with E-state index in [1.807, 2.05) is 18.0 Å². The van der Waals surface area contributed by atoms with E-state index in [9.17, 15) is 18.8 Å². The van der Waals surface area contributed by atoms with E-state index in [0.29, 0.717) is 48.2 Å². The highest BCUT2D eigenvalue weighted by molar-refractivity contribution is 7.23. The van der Waals surface area contributed by atoms with E-state index >= 15 is 4.39 Å². The van der Waals surface area contributed by atoms with Gasteiger partial charge in [-0.2, -0.15) is 15.2 Å². The first-order valence-corrected chi connectivity index (χ1v) is 17.0. The van der Waals surface area contributed by atoms with Crippen molar-refractivity contribution in [2.24, 2.45) is 0 Å².